The van der Waals surface area contributed by atoms with Crippen molar-refractivity contribution < 1.29 is 13.2 Å². The van der Waals surface area contributed by atoms with Gasteiger partial charge in [0.15, 0.2) is 0 Å². The Hall–Kier alpha value is -1.40. The summed E-state index contributed by atoms with van der Waals surface area (Å²) < 4.78 is 39.8. The number of hydrogen-bond donors (Lipinski definition) is 1. The fourth-order valence-electron chi connectivity index (χ4n) is 1.69. The first-order valence-corrected chi connectivity index (χ1v) is 6.16. The van der Waals surface area contributed by atoms with E-state index in [0.29, 0.717) is 17.1 Å². The summed E-state index contributed by atoms with van der Waals surface area (Å²) in [6.45, 7) is 1.82. The van der Waals surface area contributed by atoms with Crippen molar-refractivity contribution in [3.8, 4) is 0 Å². The first kappa shape index (κ1) is 13.0. The summed E-state index contributed by atoms with van der Waals surface area (Å²) in [7, 11) is 0. The number of aromatic nitrogens is 1. The molecule has 0 saturated carbocycles. The van der Waals surface area contributed by atoms with E-state index in [1.165, 1.54) is 11.3 Å². The number of rotatable bonds is 3. The summed E-state index contributed by atoms with van der Waals surface area (Å²) in [5.41, 5.74) is 6.29. The van der Waals surface area contributed by atoms with Crippen LogP contribution in [-0.2, 0) is 6.42 Å². The molecule has 0 fully saturated rings. The second-order valence-electron chi connectivity index (χ2n) is 3.98. The van der Waals surface area contributed by atoms with Crippen molar-refractivity contribution in [1.29, 1.82) is 0 Å². The predicted molar refractivity (Wildman–Crippen MR) is 63.8 cm³/mol. The molecule has 1 unspecified atom stereocenters. The minimum Gasteiger partial charge on any atom is -0.323 e. The largest absolute Gasteiger partial charge is 0.323 e. The highest BCUT2D eigenvalue weighted by atomic mass is 32.1. The molecule has 1 aromatic heterocycles. The van der Waals surface area contributed by atoms with E-state index in [1.807, 2.05) is 12.3 Å². The Morgan fingerprint density at radius 2 is 1.89 bits per heavy atom. The highest BCUT2D eigenvalue weighted by molar-refractivity contribution is 7.09. The fourth-order valence-corrected chi connectivity index (χ4v) is 2.53. The fraction of sp³-hybridized carbons (Fsp3) is 0.250. The van der Waals surface area contributed by atoms with E-state index in [1.54, 1.807) is 0 Å². The molecule has 0 radical (unpaired) electrons. The number of benzene rings is 1. The predicted octanol–water partition coefficient (Wildman–Crippen LogP) is 3.11. The molecule has 1 heterocycles. The standard InChI is InChI=1S/C12H11F3N2S/c1-6-5-18-11(17-6)4-10(16)12-8(14)2-7(13)3-9(12)15/h2-3,5,10H,4,16H2,1H3. The van der Waals surface area contributed by atoms with E-state index in [9.17, 15) is 13.2 Å². The van der Waals surface area contributed by atoms with E-state index >= 15 is 0 Å². The summed E-state index contributed by atoms with van der Waals surface area (Å²) in [6, 6.07) is 0.382. The molecule has 0 aliphatic carbocycles. The van der Waals surface area contributed by atoms with Crippen LogP contribution in [0.25, 0.3) is 0 Å². The van der Waals surface area contributed by atoms with Crippen LogP contribution < -0.4 is 5.73 Å². The van der Waals surface area contributed by atoms with Crippen molar-refractivity contribution in [2.24, 2.45) is 5.73 Å². The van der Waals surface area contributed by atoms with Crippen LogP contribution in [0.3, 0.4) is 0 Å². The minimum atomic E-state index is -0.965. The molecule has 2 aromatic rings. The van der Waals surface area contributed by atoms with E-state index in [0.717, 1.165) is 5.69 Å². The maximum absolute atomic E-state index is 13.5. The third-order valence-electron chi connectivity index (χ3n) is 2.48. The number of hydrogen-bond acceptors (Lipinski definition) is 3. The van der Waals surface area contributed by atoms with E-state index in [2.05, 4.69) is 4.98 Å². The van der Waals surface area contributed by atoms with Crippen LogP contribution in [0.2, 0.25) is 0 Å². The number of aryl methyl sites for hydroxylation is 1. The molecule has 0 aliphatic heterocycles. The number of nitrogens with two attached hydrogens (primary N) is 1. The number of halogens is 3. The highest BCUT2D eigenvalue weighted by Gasteiger charge is 2.19. The van der Waals surface area contributed by atoms with Crippen LogP contribution in [0.5, 0.6) is 0 Å². The molecule has 0 bridgehead atoms. The zero-order valence-corrected chi connectivity index (χ0v) is 10.4. The zero-order chi connectivity index (χ0) is 13.3. The normalized spacial score (nSPS) is 12.7. The topological polar surface area (TPSA) is 38.9 Å². The van der Waals surface area contributed by atoms with Gasteiger partial charge in [0.2, 0.25) is 0 Å². The van der Waals surface area contributed by atoms with Gasteiger partial charge in [-0.3, -0.25) is 0 Å². The maximum atomic E-state index is 13.5. The first-order chi connectivity index (χ1) is 8.47. The molecule has 2 rings (SSSR count). The smallest absolute Gasteiger partial charge is 0.133 e. The van der Waals surface area contributed by atoms with Gasteiger partial charge in [0.05, 0.1) is 5.01 Å². The third kappa shape index (κ3) is 2.70. The van der Waals surface area contributed by atoms with Gasteiger partial charge in [-0.25, -0.2) is 18.2 Å². The van der Waals surface area contributed by atoms with Crippen LogP contribution >= 0.6 is 11.3 Å². The molecule has 2 N–H and O–H groups in total. The van der Waals surface area contributed by atoms with E-state index < -0.39 is 23.5 Å². The summed E-state index contributed by atoms with van der Waals surface area (Å²) in [5.74, 6) is -2.88. The SMILES string of the molecule is Cc1csc(CC(N)c2c(F)cc(F)cc2F)n1. The average Bonchev–Trinajstić information content (AvgIpc) is 2.62. The van der Waals surface area contributed by atoms with Gasteiger partial charge >= 0.3 is 0 Å². The molecule has 2 nitrogen and oxygen atoms in total. The third-order valence-corrected chi connectivity index (χ3v) is 3.46. The Labute approximate surface area is 106 Å². The Morgan fingerprint density at radius 1 is 1.28 bits per heavy atom. The summed E-state index contributed by atoms with van der Waals surface area (Å²) in [4.78, 5) is 4.17. The molecular formula is C12H11F3N2S. The van der Waals surface area contributed by atoms with Crippen molar-refractivity contribution in [2.45, 2.75) is 19.4 Å². The Morgan fingerprint density at radius 3 is 2.39 bits per heavy atom. The summed E-state index contributed by atoms with van der Waals surface area (Å²) in [5, 5.41) is 2.53. The lowest BCUT2D eigenvalue weighted by Crippen LogP contribution is -2.17. The monoisotopic (exact) mass is 272 g/mol. The first-order valence-electron chi connectivity index (χ1n) is 5.28. The lowest BCUT2D eigenvalue weighted by molar-refractivity contribution is 0.501. The van der Waals surface area contributed by atoms with Gasteiger partial charge in [-0.2, -0.15) is 0 Å². The van der Waals surface area contributed by atoms with E-state index in [4.69, 9.17) is 5.73 Å². The molecule has 18 heavy (non-hydrogen) atoms. The molecule has 1 aromatic carbocycles. The molecule has 96 valence electrons. The lowest BCUT2D eigenvalue weighted by Gasteiger charge is -2.12. The molecule has 0 spiro atoms. The van der Waals surface area contributed by atoms with Crippen molar-refractivity contribution in [3.05, 3.63) is 51.2 Å². The lowest BCUT2D eigenvalue weighted by atomic mass is 10.0. The summed E-state index contributed by atoms with van der Waals surface area (Å²) >= 11 is 1.38. The van der Waals surface area contributed by atoms with Crippen LogP contribution in [0, 0.1) is 24.4 Å². The highest BCUT2D eigenvalue weighted by Crippen LogP contribution is 2.24. The van der Waals surface area contributed by atoms with Gasteiger partial charge in [-0.1, -0.05) is 0 Å². The van der Waals surface area contributed by atoms with Crippen molar-refractivity contribution in [3.63, 3.8) is 0 Å². The second-order valence-corrected chi connectivity index (χ2v) is 4.92. The van der Waals surface area contributed by atoms with Crippen LogP contribution in [0.4, 0.5) is 13.2 Å². The van der Waals surface area contributed by atoms with Crippen molar-refractivity contribution >= 4 is 11.3 Å². The quantitative estimate of drug-likeness (QED) is 0.932. The second kappa shape index (κ2) is 5.07. The van der Waals surface area contributed by atoms with Gasteiger partial charge in [0, 0.05) is 41.2 Å². The van der Waals surface area contributed by atoms with Crippen molar-refractivity contribution in [2.75, 3.05) is 0 Å². The van der Waals surface area contributed by atoms with Gasteiger partial charge in [-0.05, 0) is 6.92 Å². The molecule has 1 atom stereocenters. The Bertz CT molecular complexity index is 545. The van der Waals surface area contributed by atoms with Crippen LogP contribution in [-0.4, -0.2) is 4.98 Å². The van der Waals surface area contributed by atoms with Crippen LogP contribution in [0.1, 0.15) is 22.3 Å². The van der Waals surface area contributed by atoms with Gasteiger partial charge in [0.1, 0.15) is 17.5 Å². The molecule has 6 heteroatoms. The molecule has 0 aliphatic rings. The molecule has 0 amide bonds. The number of thiazole rings is 1. The number of nitrogens with zero attached hydrogens (tertiary/aromatic N) is 1. The Kier molecular flexibility index (Phi) is 3.68. The zero-order valence-electron chi connectivity index (χ0n) is 9.58. The van der Waals surface area contributed by atoms with Gasteiger partial charge < -0.3 is 5.73 Å². The maximum Gasteiger partial charge on any atom is 0.133 e. The van der Waals surface area contributed by atoms with Crippen LogP contribution in [0.15, 0.2) is 17.5 Å². The average molecular weight is 272 g/mol. The molecular weight excluding hydrogens is 261 g/mol. The summed E-state index contributed by atoms with van der Waals surface area (Å²) in [6.07, 6.45) is 0.220. The molecule has 0 saturated heterocycles. The minimum absolute atomic E-state index is 0.220. The Balaban J connectivity index is 2.26. The van der Waals surface area contributed by atoms with Crippen molar-refractivity contribution in [1.82, 2.24) is 4.98 Å². The van der Waals surface area contributed by atoms with Gasteiger partial charge in [-0.15, -0.1) is 11.3 Å². The van der Waals surface area contributed by atoms with Gasteiger partial charge in [0.25, 0.3) is 0 Å². The van der Waals surface area contributed by atoms with E-state index in [-0.39, 0.29) is 12.0 Å².